The van der Waals surface area contributed by atoms with Gasteiger partial charge in [0.15, 0.2) is 0 Å². The first-order valence-electron chi connectivity index (χ1n) is 34.6. The lowest BCUT2D eigenvalue weighted by Gasteiger charge is -2.16. The minimum absolute atomic E-state index is 0.748. The van der Waals surface area contributed by atoms with Crippen LogP contribution in [0.1, 0.15) is 262 Å². The summed E-state index contributed by atoms with van der Waals surface area (Å²) in [5, 5.41) is 8.36. The molecule has 9 aromatic rings. The van der Waals surface area contributed by atoms with Crippen LogP contribution in [0.15, 0.2) is 71.4 Å². The van der Waals surface area contributed by atoms with Crippen molar-refractivity contribution in [2.45, 2.75) is 266 Å². The zero-order chi connectivity index (χ0) is 59.9. The van der Waals surface area contributed by atoms with E-state index < -0.39 is 0 Å². The summed E-state index contributed by atoms with van der Waals surface area (Å²) < 4.78 is 12.9. The van der Waals surface area contributed by atoms with Gasteiger partial charge < -0.3 is 0 Å². The van der Waals surface area contributed by atoms with Gasteiger partial charge in [-0.05, 0) is 114 Å². The van der Waals surface area contributed by atoms with E-state index in [-0.39, 0.29) is 0 Å². The number of rotatable bonds is 43. The molecule has 466 valence electrons. The number of hydrogen-bond acceptors (Lipinski definition) is 9. The third-order valence-corrected chi connectivity index (χ3v) is 26.0. The predicted octanol–water partition coefficient (Wildman–Crippen LogP) is 29.4. The molecule has 10 heteroatoms. The van der Waals surface area contributed by atoms with Crippen molar-refractivity contribution in [3.8, 4) is 51.5 Å². The molecule has 0 aliphatic heterocycles. The Morgan fingerprint density at radius 2 is 0.837 bits per heavy atom. The second-order valence-electron chi connectivity index (χ2n) is 25.5. The molecule has 7 heterocycles. The number of thiophene rings is 6. The number of benzene rings is 2. The lowest BCUT2D eigenvalue weighted by Crippen LogP contribution is -2.05. The SMILES string of the molecule is CCCCCCCCCCC(CCCCCCCC)Cc1csc(-c2cc(Cl)c(-c3ccc(-c4cc5c(-c6ccc(CC(CCCC)CCCCCC)s6)c6sccc6c(-c6ccc(CC(CCCC)CCCCCC)s6)c5s4)s3)c3nsnc23)c1. The first-order valence-corrected chi connectivity index (χ1v) is 40.7. The van der Waals surface area contributed by atoms with E-state index in [4.69, 9.17) is 20.3 Å². The summed E-state index contributed by atoms with van der Waals surface area (Å²) >= 11 is 20.7. The van der Waals surface area contributed by atoms with Gasteiger partial charge in [0.25, 0.3) is 0 Å². The summed E-state index contributed by atoms with van der Waals surface area (Å²) in [5.41, 5.74) is 8.38. The maximum atomic E-state index is 7.55. The van der Waals surface area contributed by atoms with Crippen molar-refractivity contribution in [2.75, 3.05) is 0 Å². The Morgan fingerprint density at radius 3 is 1.41 bits per heavy atom. The second kappa shape index (κ2) is 36.3. The van der Waals surface area contributed by atoms with Crippen molar-refractivity contribution < 1.29 is 0 Å². The van der Waals surface area contributed by atoms with Gasteiger partial charge in [-0.2, -0.15) is 8.75 Å². The van der Waals surface area contributed by atoms with Crippen molar-refractivity contribution in [1.82, 2.24) is 8.75 Å². The summed E-state index contributed by atoms with van der Waals surface area (Å²) in [6, 6.07) is 24.2. The van der Waals surface area contributed by atoms with Crippen LogP contribution in [0.4, 0.5) is 0 Å². The minimum atomic E-state index is 0.748. The molecule has 3 unspecified atom stereocenters. The Morgan fingerprint density at radius 1 is 0.372 bits per heavy atom. The Labute approximate surface area is 553 Å². The molecule has 0 aliphatic rings. The van der Waals surface area contributed by atoms with Crippen LogP contribution >= 0.6 is 91.3 Å². The highest BCUT2D eigenvalue weighted by molar-refractivity contribution is 7.28. The van der Waals surface area contributed by atoms with Gasteiger partial charge in [-0.1, -0.05) is 259 Å². The molecule has 0 radical (unpaired) electrons. The third-order valence-electron chi connectivity index (χ3n) is 18.5. The van der Waals surface area contributed by atoms with Crippen molar-refractivity contribution in [1.29, 1.82) is 0 Å². The number of aromatic nitrogens is 2. The van der Waals surface area contributed by atoms with Gasteiger partial charge in [0.05, 0.1) is 16.8 Å². The molecule has 86 heavy (non-hydrogen) atoms. The standard InChI is InChI=1S/C76H103ClN2S7/c1-7-13-19-23-25-26-28-32-36-54(35-31-27-24-20-14-8-2)47-57-50-68(81-53-57)61-51-63(77)72(74-73(61)78-86-79-74)67-44-43-64(84-67)69-52-62-71(66-42-40-59(83-66)49-56(34-18-12-6)38-30-22-16-10-4)75-60(45-46-80-75)70(76(62)85-69)65-41-39-58(82-65)48-55(33-17-11-5)37-29-21-15-9-3/h39-46,50-56H,7-38,47-49H2,1-6H3. The van der Waals surface area contributed by atoms with Gasteiger partial charge in [-0.3, -0.25) is 0 Å². The zero-order valence-electron chi connectivity index (χ0n) is 53.5. The molecule has 0 N–H and O–H groups in total. The van der Waals surface area contributed by atoms with Gasteiger partial charge in [0.1, 0.15) is 11.0 Å². The van der Waals surface area contributed by atoms with Gasteiger partial charge >= 0.3 is 0 Å². The van der Waals surface area contributed by atoms with Crippen LogP contribution in [-0.4, -0.2) is 8.75 Å². The van der Waals surface area contributed by atoms with E-state index >= 15 is 0 Å². The Kier molecular flexibility index (Phi) is 28.6. The highest BCUT2D eigenvalue weighted by Gasteiger charge is 2.26. The Balaban J connectivity index is 1.01. The molecule has 7 aromatic heterocycles. The number of halogens is 1. The molecular formula is C76H103ClN2S7. The number of fused-ring (bicyclic) bond motifs is 3. The molecular weight excluding hydrogens is 1200 g/mol. The van der Waals surface area contributed by atoms with Crippen LogP contribution in [0, 0.1) is 17.8 Å². The summed E-state index contributed by atoms with van der Waals surface area (Å²) in [6.45, 7) is 14.0. The van der Waals surface area contributed by atoms with E-state index in [0.717, 1.165) is 49.8 Å². The van der Waals surface area contributed by atoms with Crippen LogP contribution in [0.2, 0.25) is 5.02 Å². The van der Waals surface area contributed by atoms with E-state index in [1.807, 2.05) is 45.3 Å². The fourth-order valence-electron chi connectivity index (χ4n) is 13.6. The molecule has 2 nitrogen and oxygen atoms in total. The summed E-state index contributed by atoms with van der Waals surface area (Å²) in [7, 11) is 0. The molecule has 0 aliphatic carbocycles. The van der Waals surface area contributed by atoms with E-state index in [2.05, 4.69) is 136 Å². The maximum absolute atomic E-state index is 7.55. The van der Waals surface area contributed by atoms with Crippen LogP contribution in [0.3, 0.4) is 0 Å². The quantitative estimate of drug-likeness (QED) is 0.0356. The van der Waals surface area contributed by atoms with Crippen LogP contribution in [-0.2, 0) is 19.3 Å². The van der Waals surface area contributed by atoms with Crippen molar-refractivity contribution >= 4 is 123 Å². The number of unbranched alkanes of at least 4 members (excludes halogenated alkanes) is 20. The highest BCUT2D eigenvalue weighted by atomic mass is 35.5. The average molecular weight is 1300 g/mol. The second-order valence-corrected chi connectivity index (χ2v) is 32.8. The maximum Gasteiger partial charge on any atom is 0.115 e. The molecule has 0 bridgehead atoms. The van der Waals surface area contributed by atoms with Crippen molar-refractivity contribution in [2.24, 2.45) is 17.8 Å². The molecule has 0 saturated heterocycles. The topological polar surface area (TPSA) is 25.8 Å². The molecule has 0 amide bonds. The highest BCUT2D eigenvalue weighted by Crippen LogP contribution is 2.54. The van der Waals surface area contributed by atoms with Crippen LogP contribution in [0.25, 0.3) is 82.7 Å². The zero-order valence-corrected chi connectivity index (χ0v) is 60.0. The van der Waals surface area contributed by atoms with Crippen molar-refractivity contribution in [3.63, 3.8) is 0 Å². The third kappa shape index (κ3) is 18.7. The molecule has 0 saturated carbocycles. The van der Waals surface area contributed by atoms with E-state index in [1.54, 1.807) is 9.75 Å². The van der Waals surface area contributed by atoms with E-state index in [1.165, 1.54) is 298 Å². The van der Waals surface area contributed by atoms with E-state index in [0.29, 0.717) is 0 Å². The van der Waals surface area contributed by atoms with Gasteiger partial charge in [-0.25, -0.2) is 0 Å². The first-order chi connectivity index (χ1) is 42.3. The largest absolute Gasteiger partial charge is 0.172 e. The fraction of sp³-hybridized carbons (Fsp3) is 0.579. The number of nitrogens with zero attached hydrogens (tertiary/aromatic N) is 2. The van der Waals surface area contributed by atoms with Gasteiger partial charge in [0, 0.05) is 81.4 Å². The van der Waals surface area contributed by atoms with Crippen LogP contribution in [0.5, 0.6) is 0 Å². The number of hydrogen-bond donors (Lipinski definition) is 0. The smallest absolute Gasteiger partial charge is 0.115 e. The predicted molar refractivity (Wildman–Crippen MR) is 395 cm³/mol. The fourth-order valence-corrected chi connectivity index (χ4v) is 21.3. The average Bonchev–Trinajstić information content (AvgIpc) is 2.00. The van der Waals surface area contributed by atoms with Crippen molar-refractivity contribution in [3.05, 3.63) is 91.8 Å². The Hall–Kier alpha value is -2.73. The summed E-state index contributed by atoms with van der Waals surface area (Å²) in [6.07, 6.45) is 47.0. The lowest BCUT2D eigenvalue weighted by molar-refractivity contribution is 0.400. The van der Waals surface area contributed by atoms with E-state index in [9.17, 15) is 0 Å². The molecule has 0 spiro atoms. The Bertz CT molecular complexity index is 3260. The monoisotopic (exact) mass is 1300 g/mol. The minimum Gasteiger partial charge on any atom is -0.172 e. The molecule has 3 atom stereocenters. The lowest BCUT2D eigenvalue weighted by atomic mass is 9.89. The van der Waals surface area contributed by atoms with Gasteiger partial charge in [-0.15, -0.1) is 68.0 Å². The molecule has 0 fully saturated rings. The molecule has 9 rings (SSSR count). The normalized spacial score (nSPS) is 13.2. The first kappa shape index (κ1) is 67.7. The van der Waals surface area contributed by atoms with Crippen LogP contribution < -0.4 is 0 Å². The summed E-state index contributed by atoms with van der Waals surface area (Å²) in [4.78, 5) is 11.0. The molecule has 2 aromatic carbocycles. The van der Waals surface area contributed by atoms with Gasteiger partial charge in [0.2, 0.25) is 0 Å². The summed E-state index contributed by atoms with van der Waals surface area (Å²) in [5.74, 6) is 2.28.